The van der Waals surface area contributed by atoms with Crippen LogP contribution in [0.5, 0.6) is 5.75 Å². The molecule has 0 bridgehead atoms. The fourth-order valence-electron chi connectivity index (χ4n) is 1.92. The Kier molecular flexibility index (Phi) is 3.84. The quantitative estimate of drug-likeness (QED) is 0.512. The minimum absolute atomic E-state index is 0.229. The van der Waals surface area contributed by atoms with Gasteiger partial charge in [-0.05, 0) is 32.0 Å². The van der Waals surface area contributed by atoms with Gasteiger partial charge in [-0.25, -0.2) is 0 Å². The molecule has 0 unspecified atom stereocenters. The van der Waals surface area contributed by atoms with Crippen LogP contribution in [-0.2, 0) is 0 Å². The second-order valence-electron chi connectivity index (χ2n) is 4.47. The first-order valence-electron chi connectivity index (χ1n) is 6.12. The number of rotatable bonds is 3. The van der Waals surface area contributed by atoms with Crippen LogP contribution < -0.4 is 5.32 Å². The first-order valence-corrected chi connectivity index (χ1v) is 6.12. The molecule has 0 atom stereocenters. The molecule has 0 saturated heterocycles. The number of amides is 1. The van der Waals surface area contributed by atoms with Crippen LogP contribution in [-0.4, -0.2) is 20.9 Å². The van der Waals surface area contributed by atoms with Crippen molar-refractivity contribution in [2.24, 2.45) is 0 Å². The number of pyridine rings is 1. The van der Waals surface area contributed by atoms with E-state index in [4.69, 9.17) is 0 Å². The number of carbonyl (C=O) groups is 1. The van der Waals surface area contributed by atoms with E-state index in [0.29, 0.717) is 5.69 Å². The second-order valence-corrected chi connectivity index (χ2v) is 4.47. The number of aromatic hydroxyl groups is 1. The van der Waals surface area contributed by atoms with E-state index in [2.05, 4.69) is 10.3 Å². The Balaban J connectivity index is 2.38. The molecule has 7 heteroatoms. The van der Waals surface area contributed by atoms with Crippen LogP contribution in [0.2, 0.25) is 0 Å². The van der Waals surface area contributed by atoms with E-state index in [9.17, 15) is 20.0 Å². The number of aromatic nitrogens is 1. The number of para-hydroxylation sites is 1. The van der Waals surface area contributed by atoms with Crippen molar-refractivity contribution in [1.29, 1.82) is 0 Å². The fourth-order valence-corrected chi connectivity index (χ4v) is 1.92. The molecule has 0 radical (unpaired) electrons. The molecule has 1 aromatic heterocycles. The minimum atomic E-state index is -0.671. The summed E-state index contributed by atoms with van der Waals surface area (Å²) in [6, 6.07) is 7.06. The van der Waals surface area contributed by atoms with E-state index in [0.717, 1.165) is 5.69 Å². The van der Waals surface area contributed by atoms with Crippen LogP contribution in [0.15, 0.2) is 30.3 Å². The third kappa shape index (κ3) is 2.97. The maximum atomic E-state index is 12.2. The zero-order valence-corrected chi connectivity index (χ0v) is 11.5. The van der Waals surface area contributed by atoms with Crippen molar-refractivity contribution in [3.63, 3.8) is 0 Å². The molecule has 1 heterocycles. The molecule has 0 saturated carbocycles. The number of phenolic OH excluding ortho intramolecular Hbond substituents is 1. The summed E-state index contributed by atoms with van der Waals surface area (Å²) in [6.45, 7) is 3.46. The van der Waals surface area contributed by atoms with Crippen LogP contribution >= 0.6 is 0 Å². The monoisotopic (exact) mass is 287 g/mol. The van der Waals surface area contributed by atoms with Gasteiger partial charge in [0.15, 0.2) is 5.69 Å². The number of anilines is 1. The maximum absolute atomic E-state index is 12.2. The molecule has 0 spiro atoms. The number of hydrogen-bond acceptors (Lipinski definition) is 5. The largest absolute Gasteiger partial charge is 0.505 e. The number of nitro benzene ring substituents is 1. The van der Waals surface area contributed by atoms with E-state index in [1.54, 1.807) is 26.0 Å². The zero-order valence-electron chi connectivity index (χ0n) is 11.5. The normalized spacial score (nSPS) is 10.2. The summed E-state index contributed by atoms with van der Waals surface area (Å²) in [4.78, 5) is 26.6. The summed E-state index contributed by atoms with van der Waals surface area (Å²) < 4.78 is 0. The molecule has 2 aromatic rings. The van der Waals surface area contributed by atoms with E-state index < -0.39 is 10.8 Å². The molecule has 1 amide bonds. The third-order valence-corrected chi connectivity index (χ3v) is 2.93. The van der Waals surface area contributed by atoms with Crippen molar-refractivity contribution in [2.75, 3.05) is 5.32 Å². The van der Waals surface area contributed by atoms with Gasteiger partial charge in [0.25, 0.3) is 11.6 Å². The lowest BCUT2D eigenvalue weighted by atomic mass is 10.1. The lowest BCUT2D eigenvalue weighted by molar-refractivity contribution is -0.384. The average molecular weight is 287 g/mol. The molecule has 21 heavy (non-hydrogen) atoms. The summed E-state index contributed by atoms with van der Waals surface area (Å²) in [5, 5.41) is 23.0. The molecule has 1 aromatic carbocycles. The van der Waals surface area contributed by atoms with Gasteiger partial charge >= 0.3 is 0 Å². The standard InChI is InChI=1S/C14H13N3O4/c1-8-6-7-10(9(2)15-8)14(19)16-13-11(17(20)21)4-3-5-12(13)18/h3-7,18H,1-2H3,(H,16,19). The van der Waals surface area contributed by atoms with Crippen molar-refractivity contribution < 1.29 is 14.8 Å². The van der Waals surface area contributed by atoms with Gasteiger partial charge in [-0.1, -0.05) is 6.07 Å². The number of carbonyl (C=O) groups excluding carboxylic acids is 1. The Labute approximate surface area is 120 Å². The van der Waals surface area contributed by atoms with Gasteiger partial charge in [0.2, 0.25) is 0 Å². The number of nitrogens with one attached hydrogen (secondary N) is 1. The van der Waals surface area contributed by atoms with Gasteiger partial charge < -0.3 is 10.4 Å². The van der Waals surface area contributed by atoms with Gasteiger partial charge in [0, 0.05) is 11.8 Å². The lowest BCUT2D eigenvalue weighted by Gasteiger charge is -2.09. The number of phenols is 1. The molecular weight excluding hydrogens is 274 g/mol. The average Bonchev–Trinajstić information content (AvgIpc) is 2.40. The van der Waals surface area contributed by atoms with Crippen molar-refractivity contribution in [2.45, 2.75) is 13.8 Å². The lowest BCUT2D eigenvalue weighted by Crippen LogP contribution is -2.15. The summed E-state index contributed by atoms with van der Waals surface area (Å²) in [5.74, 6) is -0.931. The van der Waals surface area contributed by atoms with Crippen molar-refractivity contribution in [1.82, 2.24) is 4.98 Å². The minimum Gasteiger partial charge on any atom is -0.505 e. The van der Waals surface area contributed by atoms with Gasteiger partial charge in [-0.3, -0.25) is 19.9 Å². The number of hydrogen-bond donors (Lipinski definition) is 2. The highest BCUT2D eigenvalue weighted by Gasteiger charge is 2.21. The molecule has 7 nitrogen and oxygen atoms in total. The van der Waals surface area contributed by atoms with Gasteiger partial charge in [-0.2, -0.15) is 0 Å². The van der Waals surface area contributed by atoms with Gasteiger partial charge in [0.1, 0.15) is 5.75 Å². The van der Waals surface area contributed by atoms with Crippen LogP contribution in [0.3, 0.4) is 0 Å². The van der Waals surface area contributed by atoms with E-state index in [1.807, 2.05) is 0 Å². The Morgan fingerprint density at radius 2 is 2.00 bits per heavy atom. The van der Waals surface area contributed by atoms with E-state index in [1.165, 1.54) is 18.2 Å². The Hall–Kier alpha value is -2.96. The van der Waals surface area contributed by atoms with Crippen molar-refractivity contribution in [3.05, 3.63) is 57.4 Å². The Morgan fingerprint density at radius 3 is 2.62 bits per heavy atom. The van der Waals surface area contributed by atoms with Crippen LogP contribution in [0.25, 0.3) is 0 Å². The summed E-state index contributed by atoms with van der Waals surface area (Å²) in [7, 11) is 0. The van der Waals surface area contributed by atoms with Crippen LogP contribution in [0, 0.1) is 24.0 Å². The smallest absolute Gasteiger partial charge is 0.296 e. The zero-order chi connectivity index (χ0) is 15.6. The first kappa shape index (κ1) is 14.4. The maximum Gasteiger partial charge on any atom is 0.296 e. The predicted molar refractivity (Wildman–Crippen MR) is 76.4 cm³/mol. The number of nitro groups is 1. The van der Waals surface area contributed by atoms with E-state index in [-0.39, 0.29) is 22.7 Å². The van der Waals surface area contributed by atoms with Gasteiger partial charge in [-0.15, -0.1) is 0 Å². The third-order valence-electron chi connectivity index (χ3n) is 2.93. The number of aryl methyl sites for hydroxylation is 2. The second kappa shape index (κ2) is 5.58. The Morgan fingerprint density at radius 1 is 1.29 bits per heavy atom. The number of nitrogens with zero attached hydrogens (tertiary/aromatic N) is 2. The molecule has 0 aliphatic carbocycles. The van der Waals surface area contributed by atoms with Crippen LogP contribution in [0.4, 0.5) is 11.4 Å². The highest BCUT2D eigenvalue weighted by molar-refractivity contribution is 6.07. The molecule has 108 valence electrons. The molecule has 2 rings (SSSR count). The molecule has 0 fully saturated rings. The molecule has 0 aliphatic heterocycles. The summed E-state index contributed by atoms with van der Waals surface area (Å²) >= 11 is 0. The first-order chi connectivity index (χ1) is 9.90. The molecular formula is C14H13N3O4. The van der Waals surface area contributed by atoms with Crippen molar-refractivity contribution in [3.8, 4) is 5.75 Å². The Bertz CT molecular complexity index is 728. The summed E-state index contributed by atoms with van der Waals surface area (Å²) in [6.07, 6.45) is 0. The fraction of sp³-hybridized carbons (Fsp3) is 0.143. The topological polar surface area (TPSA) is 105 Å². The van der Waals surface area contributed by atoms with E-state index >= 15 is 0 Å². The highest BCUT2D eigenvalue weighted by Crippen LogP contribution is 2.33. The molecule has 0 aliphatic rings. The van der Waals surface area contributed by atoms with Crippen LogP contribution in [0.1, 0.15) is 21.7 Å². The number of benzene rings is 1. The predicted octanol–water partition coefficient (Wildman–Crippen LogP) is 2.56. The van der Waals surface area contributed by atoms with Crippen molar-refractivity contribution >= 4 is 17.3 Å². The molecule has 2 N–H and O–H groups in total. The van der Waals surface area contributed by atoms with Gasteiger partial charge in [0.05, 0.1) is 16.2 Å². The summed E-state index contributed by atoms with van der Waals surface area (Å²) in [5.41, 5.74) is 0.954. The highest BCUT2D eigenvalue weighted by atomic mass is 16.6. The SMILES string of the molecule is Cc1ccc(C(=O)Nc2c(O)cccc2[N+](=O)[O-])c(C)n1.